The number of aliphatic hydroxyl groups excluding tert-OH is 1. The number of alkyl halides is 1. The summed E-state index contributed by atoms with van der Waals surface area (Å²) in [7, 11) is 0. The molecule has 1 aromatic rings. The van der Waals surface area contributed by atoms with Crippen molar-refractivity contribution < 1.29 is 9.50 Å². The van der Waals surface area contributed by atoms with Crippen molar-refractivity contribution in [3.63, 3.8) is 0 Å². The van der Waals surface area contributed by atoms with Gasteiger partial charge in [0.25, 0.3) is 0 Å². The minimum atomic E-state index is -0.827. The van der Waals surface area contributed by atoms with Gasteiger partial charge in [0.05, 0.1) is 6.61 Å². The third-order valence-corrected chi connectivity index (χ3v) is 2.69. The second kappa shape index (κ2) is 4.63. The zero-order valence-corrected chi connectivity index (χ0v) is 8.38. The monoisotopic (exact) mass is 211 g/mol. The highest BCUT2D eigenvalue weighted by molar-refractivity contribution is 5.03. The largest absolute Gasteiger partial charge is 0.395 e. The Morgan fingerprint density at radius 2 is 2.20 bits per heavy atom. The minimum absolute atomic E-state index is 0.00805. The molecule has 0 saturated carbocycles. The van der Waals surface area contributed by atoms with E-state index < -0.39 is 6.17 Å². The molecule has 0 aliphatic carbocycles. The molecule has 1 saturated heterocycles. The van der Waals surface area contributed by atoms with E-state index >= 15 is 0 Å². The Balaban J connectivity index is 2.00. The fourth-order valence-corrected chi connectivity index (χ4v) is 1.95. The average Bonchev–Trinajstić information content (AvgIpc) is 2.60. The van der Waals surface area contributed by atoms with E-state index in [4.69, 9.17) is 5.11 Å². The Labute approximate surface area is 87.8 Å². The van der Waals surface area contributed by atoms with Gasteiger partial charge in [-0.2, -0.15) is 0 Å². The Morgan fingerprint density at radius 3 is 2.87 bits per heavy atom. The maximum atomic E-state index is 13.1. The van der Waals surface area contributed by atoms with E-state index in [0.717, 1.165) is 5.56 Å². The van der Waals surface area contributed by atoms with Crippen molar-refractivity contribution in [3.05, 3.63) is 24.3 Å². The van der Waals surface area contributed by atoms with Crippen molar-refractivity contribution in [1.29, 1.82) is 0 Å². The first kappa shape index (κ1) is 10.4. The predicted octanol–water partition coefficient (Wildman–Crippen LogP) is 0.381. The molecule has 2 rings (SSSR count). The summed E-state index contributed by atoms with van der Waals surface area (Å²) in [6.45, 7) is 1.00. The van der Waals surface area contributed by atoms with Gasteiger partial charge in [0.1, 0.15) is 12.5 Å². The maximum absolute atomic E-state index is 13.1. The molecule has 0 bridgehead atoms. The summed E-state index contributed by atoms with van der Waals surface area (Å²) in [5.41, 5.74) is 0.949. The molecule has 82 valence electrons. The minimum Gasteiger partial charge on any atom is -0.395 e. The molecular weight excluding hydrogens is 197 g/mol. The summed E-state index contributed by atoms with van der Waals surface area (Å²) >= 11 is 0. The van der Waals surface area contributed by atoms with Crippen molar-refractivity contribution in [1.82, 2.24) is 14.9 Å². The lowest BCUT2D eigenvalue weighted by Gasteiger charge is -2.21. The second-order valence-electron chi connectivity index (χ2n) is 3.85. The van der Waals surface area contributed by atoms with Crippen LogP contribution in [0, 0.1) is 0 Å². The number of likely N-dealkylation sites (tertiary alicyclic amines) is 1. The Hall–Kier alpha value is -1.07. The number of aromatic nitrogens is 2. The normalized spacial score (nSPS) is 27.1. The van der Waals surface area contributed by atoms with Crippen LogP contribution in [-0.4, -0.2) is 45.3 Å². The third kappa shape index (κ3) is 2.49. The van der Waals surface area contributed by atoms with E-state index in [-0.39, 0.29) is 12.6 Å². The van der Waals surface area contributed by atoms with Crippen molar-refractivity contribution in [2.24, 2.45) is 0 Å². The summed E-state index contributed by atoms with van der Waals surface area (Å²) in [6.07, 6.45) is 4.49. The van der Waals surface area contributed by atoms with Crippen LogP contribution in [0.2, 0.25) is 0 Å². The van der Waals surface area contributed by atoms with E-state index in [1.165, 1.54) is 6.33 Å². The second-order valence-corrected chi connectivity index (χ2v) is 3.85. The SMILES string of the molecule is OC[C@@H]1C[C@H](F)CN1Cc1cncnc1. The van der Waals surface area contributed by atoms with Crippen LogP contribution in [0.1, 0.15) is 12.0 Å². The van der Waals surface area contributed by atoms with Gasteiger partial charge >= 0.3 is 0 Å². The van der Waals surface area contributed by atoms with Crippen molar-refractivity contribution in [2.45, 2.75) is 25.2 Å². The summed E-state index contributed by atoms with van der Waals surface area (Å²) in [5.74, 6) is 0. The summed E-state index contributed by atoms with van der Waals surface area (Å²) in [4.78, 5) is 9.74. The number of rotatable bonds is 3. The highest BCUT2D eigenvalue weighted by Gasteiger charge is 2.31. The van der Waals surface area contributed by atoms with E-state index in [9.17, 15) is 4.39 Å². The molecule has 1 aliphatic heterocycles. The first-order chi connectivity index (χ1) is 7.29. The van der Waals surface area contributed by atoms with Crippen molar-refractivity contribution in [2.75, 3.05) is 13.2 Å². The van der Waals surface area contributed by atoms with Crippen LogP contribution >= 0.6 is 0 Å². The number of hydrogen-bond donors (Lipinski definition) is 1. The predicted molar refractivity (Wildman–Crippen MR) is 52.8 cm³/mol. The highest BCUT2D eigenvalue weighted by Crippen LogP contribution is 2.21. The molecule has 4 nitrogen and oxygen atoms in total. The van der Waals surface area contributed by atoms with E-state index in [2.05, 4.69) is 9.97 Å². The fraction of sp³-hybridized carbons (Fsp3) is 0.600. The van der Waals surface area contributed by atoms with Crippen LogP contribution in [0.25, 0.3) is 0 Å². The smallest absolute Gasteiger partial charge is 0.115 e. The maximum Gasteiger partial charge on any atom is 0.115 e. The topological polar surface area (TPSA) is 49.2 Å². The van der Waals surface area contributed by atoms with Gasteiger partial charge in [-0.3, -0.25) is 4.90 Å². The average molecular weight is 211 g/mol. The molecule has 0 radical (unpaired) electrons. The summed E-state index contributed by atoms with van der Waals surface area (Å²) < 4.78 is 13.1. The first-order valence-electron chi connectivity index (χ1n) is 5.02. The van der Waals surface area contributed by atoms with E-state index in [0.29, 0.717) is 19.5 Å². The van der Waals surface area contributed by atoms with E-state index in [1.54, 1.807) is 12.4 Å². The zero-order valence-electron chi connectivity index (χ0n) is 8.38. The third-order valence-electron chi connectivity index (χ3n) is 2.69. The van der Waals surface area contributed by atoms with Gasteiger partial charge in [0, 0.05) is 37.1 Å². The molecule has 1 aromatic heterocycles. The molecule has 15 heavy (non-hydrogen) atoms. The lowest BCUT2D eigenvalue weighted by atomic mass is 10.2. The highest BCUT2D eigenvalue weighted by atomic mass is 19.1. The van der Waals surface area contributed by atoms with Crippen LogP contribution in [0.3, 0.4) is 0 Å². The van der Waals surface area contributed by atoms with E-state index in [1.807, 2.05) is 4.90 Å². The Kier molecular flexibility index (Phi) is 3.23. The Bertz CT molecular complexity index is 309. The van der Waals surface area contributed by atoms with Gasteiger partial charge in [0.15, 0.2) is 0 Å². The molecular formula is C10H14FN3O. The van der Waals surface area contributed by atoms with Gasteiger partial charge in [-0.15, -0.1) is 0 Å². The molecule has 0 spiro atoms. The molecule has 1 aliphatic rings. The molecule has 2 atom stereocenters. The Morgan fingerprint density at radius 1 is 1.47 bits per heavy atom. The zero-order chi connectivity index (χ0) is 10.7. The molecule has 5 heteroatoms. The molecule has 2 heterocycles. The van der Waals surface area contributed by atoms with Gasteiger partial charge in [-0.1, -0.05) is 0 Å². The lowest BCUT2D eigenvalue weighted by molar-refractivity contribution is 0.153. The van der Waals surface area contributed by atoms with Crippen molar-refractivity contribution in [3.8, 4) is 0 Å². The van der Waals surface area contributed by atoms with Gasteiger partial charge in [0.2, 0.25) is 0 Å². The molecule has 1 fully saturated rings. The first-order valence-corrected chi connectivity index (χ1v) is 5.02. The molecule has 1 N–H and O–H groups in total. The molecule has 0 aromatic carbocycles. The number of halogens is 1. The standard InChI is InChI=1S/C10H14FN3O/c11-9-1-10(6-15)14(5-9)4-8-2-12-7-13-3-8/h2-3,7,9-10,15H,1,4-6H2/t9-,10-/m0/s1. The van der Waals surface area contributed by atoms with Crippen LogP contribution < -0.4 is 0 Å². The number of aliphatic hydroxyl groups is 1. The molecule has 0 unspecified atom stereocenters. The van der Waals surface area contributed by atoms with Gasteiger partial charge in [-0.25, -0.2) is 14.4 Å². The molecule has 0 amide bonds. The van der Waals surface area contributed by atoms with Gasteiger partial charge in [-0.05, 0) is 6.42 Å². The summed E-state index contributed by atoms with van der Waals surface area (Å²) in [5, 5.41) is 9.09. The number of hydrogen-bond acceptors (Lipinski definition) is 4. The lowest BCUT2D eigenvalue weighted by Crippen LogP contribution is -2.31. The quantitative estimate of drug-likeness (QED) is 0.785. The van der Waals surface area contributed by atoms with Crippen molar-refractivity contribution >= 4 is 0 Å². The van der Waals surface area contributed by atoms with Crippen LogP contribution in [-0.2, 0) is 6.54 Å². The van der Waals surface area contributed by atoms with Crippen LogP contribution in [0.5, 0.6) is 0 Å². The summed E-state index contributed by atoms with van der Waals surface area (Å²) in [6, 6.07) is -0.0693. The van der Waals surface area contributed by atoms with Crippen LogP contribution in [0.15, 0.2) is 18.7 Å². The van der Waals surface area contributed by atoms with Gasteiger partial charge < -0.3 is 5.11 Å². The van der Waals surface area contributed by atoms with Crippen LogP contribution in [0.4, 0.5) is 4.39 Å². The number of nitrogens with zero attached hydrogens (tertiary/aromatic N) is 3. The fourth-order valence-electron chi connectivity index (χ4n) is 1.95.